The fourth-order valence-electron chi connectivity index (χ4n) is 2.80. The van der Waals surface area contributed by atoms with E-state index >= 15 is 0 Å². The van der Waals surface area contributed by atoms with E-state index in [1.54, 1.807) is 24.1 Å². The predicted molar refractivity (Wildman–Crippen MR) is 103 cm³/mol. The van der Waals surface area contributed by atoms with E-state index in [2.05, 4.69) is 30.3 Å². The Morgan fingerprint density at radius 1 is 0.846 bits per heavy atom. The van der Waals surface area contributed by atoms with Crippen LogP contribution in [0.1, 0.15) is 16.7 Å². The van der Waals surface area contributed by atoms with Crippen molar-refractivity contribution in [2.45, 2.75) is 13.0 Å². The molecule has 0 saturated carbocycles. The Bertz CT molecular complexity index is 907. The molecular formula is C23H20N2O. The van der Waals surface area contributed by atoms with Gasteiger partial charge in [-0.25, -0.2) is 0 Å². The third-order valence-corrected chi connectivity index (χ3v) is 4.34. The maximum atomic E-state index is 12.5. The molecule has 3 rings (SSSR count). The molecule has 1 amide bonds. The van der Waals surface area contributed by atoms with Gasteiger partial charge in [0.15, 0.2) is 0 Å². The predicted octanol–water partition coefficient (Wildman–Crippen LogP) is 4.43. The van der Waals surface area contributed by atoms with Crippen molar-refractivity contribution in [3.05, 3.63) is 95.6 Å². The van der Waals surface area contributed by atoms with Gasteiger partial charge >= 0.3 is 0 Å². The van der Waals surface area contributed by atoms with Crippen molar-refractivity contribution in [3.8, 4) is 17.2 Å². The Morgan fingerprint density at radius 3 is 2.04 bits per heavy atom. The lowest BCUT2D eigenvalue weighted by molar-refractivity contribution is -0.129. The van der Waals surface area contributed by atoms with Crippen LogP contribution in [-0.4, -0.2) is 17.9 Å². The van der Waals surface area contributed by atoms with Gasteiger partial charge in [-0.1, -0.05) is 66.7 Å². The van der Waals surface area contributed by atoms with Crippen LogP contribution in [-0.2, 0) is 17.8 Å². The second-order valence-corrected chi connectivity index (χ2v) is 6.30. The highest BCUT2D eigenvalue weighted by molar-refractivity contribution is 5.78. The highest BCUT2D eigenvalue weighted by atomic mass is 16.2. The topological polar surface area (TPSA) is 44.1 Å². The summed E-state index contributed by atoms with van der Waals surface area (Å²) < 4.78 is 0. The fourth-order valence-corrected chi connectivity index (χ4v) is 2.80. The molecule has 0 aromatic heterocycles. The fraction of sp³-hybridized carbons (Fsp3) is 0.130. The summed E-state index contributed by atoms with van der Waals surface area (Å²) in [5, 5.41) is 8.84. The van der Waals surface area contributed by atoms with Crippen LogP contribution in [0.15, 0.2) is 78.9 Å². The maximum Gasteiger partial charge on any atom is 0.227 e. The maximum absolute atomic E-state index is 12.5. The number of rotatable bonds is 5. The SMILES string of the molecule is CN(Cc1ccc(C#N)cc1)C(=O)Cc1ccc(-c2ccccc2)cc1. The van der Waals surface area contributed by atoms with E-state index < -0.39 is 0 Å². The normalized spacial score (nSPS) is 10.2. The number of nitriles is 1. The van der Waals surface area contributed by atoms with Gasteiger partial charge in [0.25, 0.3) is 0 Å². The van der Waals surface area contributed by atoms with E-state index in [1.165, 1.54) is 5.56 Å². The van der Waals surface area contributed by atoms with Gasteiger partial charge in [-0.2, -0.15) is 5.26 Å². The molecular weight excluding hydrogens is 320 g/mol. The van der Waals surface area contributed by atoms with Gasteiger partial charge in [0, 0.05) is 13.6 Å². The largest absolute Gasteiger partial charge is 0.341 e. The number of hydrogen-bond acceptors (Lipinski definition) is 2. The zero-order valence-corrected chi connectivity index (χ0v) is 14.7. The van der Waals surface area contributed by atoms with E-state index in [-0.39, 0.29) is 5.91 Å². The molecule has 0 heterocycles. The highest BCUT2D eigenvalue weighted by Crippen LogP contribution is 2.19. The van der Waals surface area contributed by atoms with E-state index in [0.29, 0.717) is 18.5 Å². The van der Waals surface area contributed by atoms with Crippen LogP contribution in [0, 0.1) is 11.3 Å². The molecule has 0 radical (unpaired) electrons. The first-order valence-electron chi connectivity index (χ1n) is 8.53. The quantitative estimate of drug-likeness (QED) is 0.690. The average molecular weight is 340 g/mol. The van der Waals surface area contributed by atoms with Gasteiger partial charge in [-0.05, 0) is 34.4 Å². The number of benzene rings is 3. The van der Waals surface area contributed by atoms with Crippen molar-refractivity contribution in [3.63, 3.8) is 0 Å². The highest BCUT2D eigenvalue weighted by Gasteiger charge is 2.10. The van der Waals surface area contributed by atoms with Gasteiger partial charge in [-0.15, -0.1) is 0 Å². The molecule has 26 heavy (non-hydrogen) atoms. The Morgan fingerprint density at radius 2 is 1.42 bits per heavy atom. The molecule has 0 atom stereocenters. The first kappa shape index (κ1) is 17.4. The lowest BCUT2D eigenvalue weighted by Crippen LogP contribution is -2.27. The monoisotopic (exact) mass is 340 g/mol. The average Bonchev–Trinajstić information content (AvgIpc) is 2.70. The molecule has 0 fully saturated rings. The van der Waals surface area contributed by atoms with E-state index in [0.717, 1.165) is 16.7 Å². The van der Waals surface area contributed by atoms with Gasteiger partial charge < -0.3 is 4.90 Å². The minimum absolute atomic E-state index is 0.0711. The molecule has 0 saturated heterocycles. The van der Waals surface area contributed by atoms with E-state index in [4.69, 9.17) is 5.26 Å². The summed E-state index contributed by atoms with van der Waals surface area (Å²) in [6.45, 7) is 0.534. The van der Waals surface area contributed by atoms with Crippen LogP contribution in [0.2, 0.25) is 0 Å². The van der Waals surface area contributed by atoms with E-state index in [1.807, 2.05) is 42.5 Å². The molecule has 128 valence electrons. The molecule has 0 spiro atoms. The van der Waals surface area contributed by atoms with Gasteiger partial charge in [-0.3, -0.25) is 4.79 Å². The van der Waals surface area contributed by atoms with Crippen molar-refractivity contribution < 1.29 is 4.79 Å². The number of carbonyl (C=O) groups excluding carboxylic acids is 1. The first-order valence-corrected chi connectivity index (χ1v) is 8.53. The van der Waals surface area contributed by atoms with E-state index in [9.17, 15) is 4.79 Å². The molecule has 0 aliphatic carbocycles. The van der Waals surface area contributed by atoms with Crippen molar-refractivity contribution in [2.24, 2.45) is 0 Å². The molecule has 3 aromatic rings. The van der Waals surface area contributed by atoms with Crippen LogP contribution in [0.5, 0.6) is 0 Å². The number of likely N-dealkylation sites (N-methyl/N-ethyl adjacent to an activating group) is 1. The van der Waals surface area contributed by atoms with Crippen LogP contribution < -0.4 is 0 Å². The smallest absolute Gasteiger partial charge is 0.227 e. The third-order valence-electron chi connectivity index (χ3n) is 4.34. The minimum Gasteiger partial charge on any atom is -0.341 e. The zero-order valence-electron chi connectivity index (χ0n) is 14.7. The molecule has 0 N–H and O–H groups in total. The Kier molecular flexibility index (Phi) is 5.46. The lowest BCUT2D eigenvalue weighted by Gasteiger charge is -2.17. The van der Waals surface area contributed by atoms with Crippen molar-refractivity contribution in [1.29, 1.82) is 5.26 Å². The Hall–Kier alpha value is -3.38. The number of amides is 1. The number of nitrogens with zero attached hydrogens (tertiary/aromatic N) is 2. The minimum atomic E-state index is 0.0711. The summed E-state index contributed by atoms with van der Waals surface area (Å²) in [5.74, 6) is 0.0711. The summed E-state index contributed by atoms with van der Waals surface area (Å²) in [6.07, 6.45) is 0.377. The second-order valence-electron chi connectivity index (χ2n) is 6.30. The second kappa shape index (κ2) is 8.13. The third kappa shape index (κ3) is 4.37. The summed E-state index contributed by atoms with van der Waals surface area (Å²) >= 11 is 0. The van der Waals surface area contributed by atoms with Crippen LogP contribution in [0.3, 0.4) is 0 Å². The first-order chi connectivity index (χ1) is 12.7. The zero-order chi connectivity index (χ0) is 18.4. The number of hydrogen-bond donors (Lipinski definition) is 0. The number of carbonyl (C=O) groups is 1. The van der Waals surface area contributed by atoms with Gasteiger partial charge in [0.2, 0.25) is 5.91 Å². The molecule has 3 aromatic carbocycles. The summed E-state index contributed by atoms with van der Waals surface area (Å²) in [7, 11) is 1.80. The molecule has 3 heteroatoms. The summed E-state index contributed by atoms with van der Waals surface area (Å²) in [5.41, 5.74) is 4.96. The van der Waals surface area contributed by atoms with Crippen molar-refractivity contribution >= 4 is 5.91 Å². The van der Waals surface area contributed by atoms with Crippen LogP contribution in [0.4, 0.5) is 0 Å². The molecule has 0 aliphatic rings. The Balaban J connectivity index is 1.61. The van der Waals surface area contributed by atoms with Crippen molar-refractivity contribution in [2.75, 3.05) is 7.05 Å². The lowest BCUT2D eigenvalue weighted by atomic mass is 10.0. The van der Waals surface area contributed by atoms with Crippen LogP contribution >= 0.6 is 0 Å². The standard InChI is InChI=1S/C23H20N2O/c1-25(17-20-9-7-19(16-24)8-10-20)23(26)15-18-11-13-22(14-12-18)21-5-3-2-4-6-21/h2-14H,15,17H2,1H3. The molecule has 3 nitrogen and oxygen atoms in total. The van der Waals surface area contributed by atoms with Crippen molar-refractivity contribution in [1.82, 2.24) is 4.90 Å². The summed E-state index contributed by atoms with van der Waals surface area (Å²) in [4.78, 5) is 14.2. The molecule has 0 aliphatic heterocycles. The van der Waals surface area contributed by atoms with Gasteiger partial charge in [0.05, 0.1) is 18.1 Å². The molecule has 0 unspecified atom stereocenters. The summed E-state index contributed by atoms with van der Waals surface area (Å²) in [6, 6.07) is 27.7. The van der Waals surface area contributed by atoms with Crippen LogP contribution in [0.25, 0.3) is 11.1 Å². The Labute approximate surface area is 154 Å². The van der Waals surface area contributed by atoms with Gasteiger partial charge in [0.1, 0.15) is 0 Å². The molecule has 0 bridgehead atoms.